The van der Waals surface area contributed by atoms with Gasteiger partial charge in [0.05, 0.1) is 12.5 Å². The van der Waals surface area contributed by atoms with Crippen molar-refractivity contribution < 1.29 is 23.5 Å². The number of carbonyl (C=O) groups excluding carboxylic acids is 2. The van der Waals surface area contributed by atoms with Gasteiger partial charge in [-0.05, 0) is 18.2 Å². The number of methoxy groups -OCH3 is 1. The second kappa shape index (κ2) is 6.72. The van der Waals surface area contributed by atoms with E-state index in [0.717, 1.165) is 0 Å². The van der Waals surface area contributed by atoms with Gasteiger partial charge >= 0.3 is 11.6 Å². The van der Waals surface area contributed by atoms with Crippen molar-refractivity contribution in [2.24, 2.45) is 5.73 Å². The van der Waals surface area contributed by atoms with Crippen LogP contribution in [0.2, 0.25) is 0 Å². The van der Waals surface area contributed by atoms with Gasteiger partial charge in [0.2, 0.25) is 11.8 Å². The van der Waals surface area contributed by atoms with E-state index in [9.17, 15) is 19.6 Å². The minimum atomic E-state index is -1.93. The van der Waals surface area contributed by atoms with Gasteiger partial charge in [0.25, 0.3) is 0 Å². The second-order valence-corrected chi connectivity index (χ2v) is 7.28. The lowest BCUT2D eigenvalue weighted by atomic mass is 9.69. The number of anilines is 1. The van der Waals surface area contributed by atoms with Crippen molar-refractivity contribution in [1.82, 2.24) is 0 Å². The number of fused-ring (bicyclic) bond motifs is 6. The Kier molecular flexibility index (Phi) is 4.07. The SMILES string of the molecule is COC(=O)CN1C(=O)[C@@]2(C(C#N)=C(N)Oc3c2c(=O)oc2ccccc32)c2ccccc21. The molecule has 1 atom stereocenters. The number of nitriles is 1. The molecule has 1 spiro atoms. The number of para-hydroxylation sites is 2. The topological polar surface area (TPSA) is 136 Å². The van der Waals surface area contributed by atoms with Crippen LogP contribution in [0.15, 0.2) is 69.2 Å². The van der Waals surface area contributed by atoms with Crippen LogP contribution in [-0.2, 0) is 19.7 Å². The molecule has 2 aliphatic heterocycles. The molecule has 0 fully saturated rings. The van der Waals surface area contributed by atoms with E-state index in [4.69, 9.17) is 19.6 Å². The molecule has 3 aromatic rings. The van der Waals surface area contributed by atoms with Gasteiger partial charge < -0.3 is 19.6 Å². The van der Waals surface area contributed by atoms with E-state index in [-0.39, 0.29) is 28.4 Å². The molecule has 158 valence electrons. The first-order chi connectivity index (χ1) is 15.4. The van der Waals surface area contributed by atoms with Gasteiger partial charge in [-0.15, -0.1) is 0 Å². The van der Waals surface area contributed by atoms with Crippen molar-refractivity contribution in [3.05, 3.63) is 81.5 Å². The molecule has 0 aliphatic carbocycles. The molecule has 2 aliphatic rings. The summed E-state index contributed by atoms with van der Waals surface area (Å²) in [6.07, 6.45) is 0. The number of hydrogen-bond acceptors (Lipinski definition) is 8. The zero-order valence-corrected chi connectivity index (χ0v) is 16.7. The fourth-order valence-electron chi connectivity index (χ4n) is 4.45. The third kappa shape index (κ3) is 2.29. The average molecular weight is 429 g/mol. The Bertz CT molecular complexity index is 1460. The number of rotatable bonds is 2. The van der Waals surface area contributed by atoms with Crippen LogP contribution in [0.1, 0.15) is 11.1 Å². The van der Waals surface area contributed by atoms with Crippen LogP contribution in [0.3, 0.4) is 0 Å². The molecule has 0 saturated heterocycles. The monoisotopic (exact) mass is 429 g/mol. The van der Waals surface area contributed by atoms with E-state index in [0.29, 0.717) is 16.6 Å². The predicted octanol–water partition coefficient (Wildman–Crippen LogP) is 1.68. The first-order valence-electron chi connectivity index (χ1n) is 9.58. The molecule has 9 heteroatoms. The maximum Gasteiger partial charge on any atom is 0.345 e. The van der Waals surface area contributed by atoms with Gasteiger partial charge in [0, 0.05) is 11.3 Å². The lowest BCUT2D eigenvalue weighted by Gasteiger charge is -2.33. The number of ether oxygens (including phenoxy) is 2. The molecule has 0 radical (unpaired) electrons. The quantitative estimate of drug-likeness (QED) is 0.480. The van der Waals surface area contributed by atoms with Crippen LogP contribution in [0.5, 0.6) is 5.75 Å². The lowest BCUT2D eigenvalue weighted by Crippen LogP contribution is -2.49. The third-order valence-electron chi connectivity index (χ3n) is 5.77. The fraction of sp³-hybridized carbons (Fsp3) is 0.130. The first kappa shape index (κ1) is 19.4. The average Bonchev–Trinajstić information content (AvgIpc) is 3.02. The molecule has 9 nitrogen and oxygen atoms in total. The molecule has 0 unspecified atom stereocenters. The van der Waals surface area contributed by atoms with E-state index >= 15 is 0 Å². The number of nitrogens with zero attached hydrogens (tertiary/aromatic N) is 2. The number of amides is 1. The van der Waals surface area contributed by atoms with Crippen molar-refractivity contribution in [2.75, 3.05) is 18.6 Å². The van der Waals surface area contributed by atoms with Gasteiger partial charge in [0.1, 0.15) is 29.3 Å². The van der Waals surface area contributed by atoms with Crippen molar-refractivity contribution >= 4 is 28.5 Å². The summed E-state index contributed by atoms with van der Waals surface area (Å²) in [4.78, 5) is 40.5. The Hall–Kier alpha value is -4.58. The first-order valence-corrected chi connectivity index (χ1v) is 9.58. The molecular weight excluding hydrogens is 414 g/mol. The number of esters is 1. The normalized spacial score (nSPS) is 18.9. The smallest absolute Gasteiger partial charge is 0.345 e. The van der Waals surface area contributed by atoms with E-state index in [2.05, 4.69) is 0 Å². The molecule has 3 heterocycles. The predicted molar refractivity (Wildman–Crippen MR) is 112 cm³/mol. The summed E-state index contributed by atoms with van der Waals surface area (Å²) < 4.78 is 16.0. The molecule has 32 heavy (non-hydrogen) atoms. The van der Waals surface area contributed by atoms with Gasteiger partial charge in [-0.1, -0.05) is 30.3 Å². The molecule has 0 bridgehead atoms. The zero-order chi connectivity index (χ0) is 22.6. The molecule has 0 saturated carbocycles. The zero-order valence-electron chi connectivity index (χ0n) is 16.7. The van der Waals surface area contributed by atoms with Crippen LogP contribution in [0.4, 0.5) is 5.69 Å². The van der Waals surface area contributed by atoms with Crippen molar-refractivity contribution in [3.8, 4) is 11.8 Å². The molecule has 2 N–H and O–H groups in total. The molecule has 2 aromatic carbocycles. The summed E-state index contributed by atoms with van der Waals surface area (Å²) in [5, 5.41) is 10.4. The number of hydrogen-bond donors (Lipinski definition) is 1. The van der Waals surface area contributed by atoms with Gasteiger partial charge in [-0.3, -0.25) is 14.5 Å². The van der Waals surface area contributed by atoms with Gasteiger partial charge in [-0.25, -0.2) is 4.79 Å². The highest BCUT2D eigenvalue weighted by Gasteiger charge is 2.61. The third-order valence-corrected chi connectivity index (χ3v) is 5.77. The minimum Gasteiger partial charge on any atom is -0.468 e. The van der Waals surface area contributed by atoms with Gasteiger partial charge in [-0.2, -0.15) is 5.26 Å². The highest BCUT2D eigenvalue weighted by molar-refractivity contribution is 6.16. The highest BCUT2D eigenvalue weighted by Crippen LogP contribution is 2.55. The number of nitrogens with two attached hydrogens (primary N) is 1. The van der Waals surface area contributed by atoms with Crippen LogP contribution in [0.25, 0.3) is 11.0 Å². The van der Waals surface area contributed by atoms with Gasteiger partial charge in [0.15, 0.2) is 11.2 Å². The van der Waals surface area contributed by atoms with Crippen LogP contribution >= 0.6 is 0 Å². The summed E-state index contributed by atoms with van der Waals surface area (Å²) in [7, 11) is 1.20. The van der Waals surface area contributed by atoms with Crippen LogP contribution in [-0.4, -0.2) is 25.5 Å². The Morgan fingerprint density at radius 2 is 1.91 bits per heavy atom. The summed E-state index contributed by atoms with van der Waals surface area (Å²) >= 11 is 0. The summed E-state index contributed by atoms with van der Waals surface area (Å²) in [5.74, 6) is -1.63. The molecule has 1 aromatic heterocycles. The molecule has 5 rings (SSSR count). The minimum absolute atomic E-state index is 0.0384. The summed E-state index contributed by atoms with van der Waals surface area (Å²) in [6, 6.07) is 15.2. The van der Waals surface area contributed by atoms with Crippen molar-refractivity contribution in [2.45, 2.75) is 5.41 Å². The standard InChI is InChI=1S/C23H15N3O6/c1-30-17(27)11-26-15-8-4-3-7-13(15)23(22(26)29)14(10-24)20(25)32-19-12-6-2-5-9-16(12)31-21(28)18(19)23/h2-9H,11,25H2,1H3/t23-/m1/s1. The summed E-state index contributed by atoms with van der Waals surface area (Å²) in [5.41, 5.74) is 3.86. The van der Waals surface area contributed by atoms with Crippen molar-refractivity contribution in [1.29, 1.82) is 5.26 Å². The van der Waals surface area contributed by atoms with E-state index < -0.39 is 29.5 Å². The highest BCUT2D eigenvalue weighted by atomic mass is 16.5. The van der Waals surface area contributed by atoms with Crippen LogP contribution in [0, 0.1) is 11.3 Å². The maximum absolute atomic E-state index is 14.0. The molecule has 1 amide bonds. The molecular formula is C23H15N3O6. The second-order valence-electron chi connectivity index (χ2n) is 7.28. The Balaban J connectivity index is 1.93. The van der Waals surface area contributed by atoms with E-state index in [1.807, 2.05) is 6.07 Å². The van der Waals surface area contributed by atoms with E-state index in [1.165, 1.54) is 12.0 Å². The van der Waals surface area contributed by atoms with Crippen LogP contribution < -0.4 is 21.0 Å². The maximum atomic E-state index is 14.0. The number of carbonyl (C=O) groups is 2. The largest absolute Gasteiger partial charge is 0.468 e. The number of benzene rings is 2. The Labute approximate surface area is 180 Å². The fourth-order valence-corrected chi connectivity index (χ4v) is 4.45. The summed E-state index contributed by atoms with van der Waals surface area (Å²) in [6.45, 7) is -0.415. The lowest BCUT2D eigenvalue weighted by molar-refractivity contribution is -0.140. The van der Waals surface area contributed by atoms with E-state index in [1.54, 1.807) is 48.5 Å². The Morgan fingerprint density at radius 1 is 1.19 bits per heavy atom. The Morgan fingerprint density at radius 3 is 2.66 bits per heavy atom. The van der Waals surface area contributed by atoms with Crippen molar-refractivity contribution in [3.63, 3.8) is 0 Å².